The lowest BCUT2D eigenvalue weighted by Gasteiger charge is -2.11. The van der Waals surface area contributed by atoms with Crippen LogP contribution in [0.3, 0.4) is 0 Å². The van der Waals surface area contributed by atoms with E-state index in [4.69, 9.17) is 4.74 Å². The van der Waals surface area contributed by atoms with Crippen LogP contribution in [0, 0.1) is 5.92 Å². The first-order valence-electron chi connectivity index (χ1n) is 6.68. The zero-order valence-electron chi connectivity index (χ0n) is 11.0. The molecule has 0 bridgehead atoms. The summed E-state index contributed by atoms with van der Waals surface area (Å²) in [7, 11) is 0. The third-order valence-corrected chi connectivity index (χ3v) is 4.28. The highest BCUT2D eigenvalue weighted by atomic mass is 32.1. The Kier molecular flexibility index (Phi) is 4.08. The Bertz CT molecular complexity index is 577. The van der Waals surface area contributed by atoms with Gasteiger partial charge in [-0.05, 0) is 29.5 Å². The van der Waals surface area contributed by atoms with E-state index in [1.165, 1.54) is 0 Å². The fourth-order valence-corrected chi connectivity index (χ4v) is 3.04. The van der Waals surface area contributed by atoms with Crippen LogP contribution in [0.25, 0.3) is 10.6 Å². The van der Waals surface area contributed by atoms with E-state index in [0.717, 1.165) is 22.6 Å². The van der Waals surface area contributed by atoms with Gasteiger partial charge in [0.1, 0.15) is 0 Å². The Balaban J connectivity index is 1.70. The summed E-state index contributed by atoms with van der Waals surface area (Å²) in [6.07, 6.45) is 2.60. The van der Waals surface area contributed by atoms with Gasteiger partial charge in [0, 0.05) is 19.3 Å². The number of ether oxygens (including phenoxy) is 1. The molecule has 0 unspecified atom stereocenters. The van der Waals surface area contributed by atoms with Crippen molar-refractivity contribution in [1.82, 2.24) is 10.3 Å². The number of nitrogens with zero attached hydrogens (tertiary/aromatic N) is 1. The van der Waals surface area contributed by atoms with Crippen molar-refractivity contribution < 1.29 is 9.53 Å². The van der Waals surface area contributed by atoms with Gasteiger partial charge in [-0.3, -0.25) is 9.78 Å². The molecule has 1 fully saturated rings. The van der Waals surface area contributed by atoms with Crippen molar-refractivity contribution in [2.45, 2.75) is 13.0 Å². The Labute approximate surface area is 121 Å². The monoisotopic (exact) mass is 288 g/mol. The molecule has 3 rings (SSSR count). The van der Waals surface area contributed by atoms with Crippen molar-refractivity contribution in [3.63, 3.8) is 0 Å². The Hall–Kier alpha value is -1.72. The van der Waals surface area contributed by atoms with Crippen molar-refractivity contribution in [3.8, 4) is 10.6 Å². The van der Waals surface area contributed by atoms with E-state index >= 15 is 0 Å². The lowest BCUT2D eigenvalue weighted by Crippen LogP contribution is -2.30. The molecule has 20 heavy (non-hydrogen) atoms. The van der Waals surface area contributed by atoms with E-state index in [-0.39, 0.29) is 11.8 Å². The zero-order chi connectivity index (χ0) is 13.8. The van der Waals surface area contributed by atoms with E-state index in [1.54, 1.807) is 17.5 Å². The van der Waals surface area contributed by atoms with Gasteiger partial charge in [0.2, 0.25) is 5.91 Å². The van der Waals surface area contributed by atoms with Crippen LogP contribution in [0.5, 0.6) is 0 Å². The zero-order valence-corrected chi connectivity index (χ0v) is 11.9. The number of aromatic nitrogens is 1. The van der Waals surface area contributed by atoms with Gasteiger partial charge < -0.3 is 10.1 Å². The summed E-state index contributed by atoms with van der Waals surface area (Å²) in [6, 6.07) is 7.96. The third-order valence-electron chi connectivity index (χ3n) is 3.40. The number of amides is 1. The first-order valence-corrected chi connectivity index (χ1v) is 7.56. The predicted octanol–water partition coefficient (Wildman–Crippen LogP) is 2.46. The van der Waals surface area contributed by atoms with E-state index in [2.05, 4.69) is 10.3 Å². The second kappa shape index (κ2) is 6.15. The minimum atomic E-state index is -0.00291. The predicted molar refractivity (Wildman–Crippen MR) is 78.3 cm³/mol. The van der Waals surface area contributed by atoms with Crippen molar-refractivity contribution in [3.05, 3.63) is 41.4 Å². The maximum Gasteiger partial charge on any atom is 0.225 e. The molecule has 1 N–H and O–H groups in total. The molecule has 3 heterocycles. The molecule has 4 nitrogen and oxygen atoms in total. The molecule has 0 spiro atoms. The molecule has 5 heteroatoms. The number of thiophene rings is 1. The van der Waals surface area contributed by atoms with Gasteiger partial charge in [0.05, 0.1) is 23.1 Å². The summed E-state index contributed by atoms with van der Waals surface area (Å²) < 4.78 is 5.24. The molecule has 0 saturated carbocycles. The Morgan fingerprint density at radius 2 is 2.40 bits per heavy atom. The standard InChI is InChI=1S/C15H16N2O2S/c18-15(12-5-7-19-10-12)17-9-11-3-1-6-16-14(11)13-4-2-8-20-13/h1-4,6,8,12H,5,7,9-10H2,(H,17,18)/t12-/m0/s1. The Morgan fingerprint density at radius 3 is 3.15 bits per heavy atom. The summed E-state index contributed by atoms with van der Waals surface area (Å²) in [5, 5.41) is 5.02. The Morgan fingerprint density at radius 1 is 1.45 bits per heavy atom. The fourth-order valence-electron chi connectivity index (χ4n) is 2.28. The number of hydrogen-bond acceptors (Lipinski definition) is 4. The number of carbonyl (C=O) groups excluding carboxylic acids is 1. The number of hydrogen-bond donors (Lipinski definition) is 1. The van der Waals surface area contributed by atoms with Gasteiger partial charge in [-0.2, -0.15) is 0 Å². The molecular formula is C15H16N2O2S. The van der Waals surface area contributed by atoms with Crippen LogP contribution < -0.4 is 5.32 Å². The number of pyridine rings is 1. The highest BCUT2D eigenvalue weighted by Crippen LogP contribution is 2.25. The summed E-state index contributed by atoms with van der Waals surface area (Å²) in [5.41, 5.74) is 1.99. The van der Waals surface area contributed by atoms with Crippen LogP contribution in [0.15, 0.2) is 35.8 Å². The largest absolute Gasteiger partial charge is 0.381 e. The maximum atomic E-state index is 12.0. The maximum absolute atomic E-state index is 12.0. The van der Waals surface area contributed by atoms with Gasteiger partial charge in [-0.15, -0.1) is 11.3 Å². The fraction of sp³-hybridized carbons (Fsp3) is 0.333. The number of rotatable bonds is 4. The topological polar surface area (TPSA) is 51.2 Å². The molecule has 0 radical (unpaired) electrons. The lowest BCUT2D eigenvalue weighted by atomic mass is 10.1. The van der Waals surface area contributed by atoms with Crippen LogP contribution in [-0.2, 0) is 16.1 Å². The van der Waals surface area contributed by atoms with Crippen molar-refractivity contribution in [2.24, 2.45) is 5.92 Å². The van der Waals surface area contributed by atoms with E-state index < -0.39 is 0 Å². The molecule has 1 amide bonds. The molecule has 104 valence electrons. The van der Waals surface area contributed by atoms with E-state index in [0.29, 0.717) is 19.8 Å². The molecule has 1 atom stereocenters. The molecule has 1 aliphatic heterocycles. The third kappa shape index (κ3) is 2.89. The van der Waals surface area contributed by atoms with Gasteiger partial charge in [-0.1, -0.05) is 12.1 Å². The molecule has 1 saturated heterocycles. The van der Waals surface area contributed by atoms with Gasteiger partial charge in [-0.25, -0.2) is 0 Å². The quantitative estimate of drug-likeness (QED) is 0.940. The van der Waals surface area contributed by atoms with Crippen LogP contribution in [-0.4, -0.2) is 24.1 Å². The summed E-state index contributed by atoms with van der Waals surface area (Å²) >= 11 is 1.65. The molecule has 0 aliphatic carbocycles. The van der Waals surface area contributed by atoms with Crippen molar-refractivity contribution in [2.75, 3.05) is 13.2 Å². The molecule has 1 aliphatic rings. The number of carbonyl (C=O) groups is 1. The SMILES string of the molecule is O=C(NCc1cccnc1-c1cccs1)[C@H]1CCOC1. The van der Waals surface area contributed by atoms with Crippen LogP contribution in [0.4, 0.5) is 0 Å². The average Bonchev–Trinajstić information content (AvgIpc) is 3.17. The first-order chi connectivity index (χ1) is 9.84. The second-order valence-corrected chi connectivity index (χ2v) is 5.71. The van der Waals surface area contributed by atoms with Crippen LogP contribution >= 0.6 is 11.3 Å². The highest BCUT2D eigenvalue weighted by Gasteiger charge is 2.23. The molecule has 2 aromatic rings. The molecular weight excluding hydrogens is 272 g/mol. The smallest absolute Gasteiger partial charge is 0.225 e. The van der Waals surface area contributed by atoms with Crippen LogP contribution in [0.2, 0.25) is 0 Å². The van der Waals surface area contributed by atoms with Gasteiger partial charge in [0.15, 0.2) is 0 Å². The molecule has 0 aromatic carbocycles. The summed E-state index contributed by atoms with van der Waals surface area (Å²) in [4.78, 5) is 17.6. The van der Waals surface area contributed by atoms with Crippen molar-refractivity contribution in [1.29, 1.82) is 0 Å². The normalized spacial score (nSPS) is 18.1. The molecule has 2 aromatic heterocycles. The van der Waals surface area contributed by atoms with Gasteiger partial charge in [0.25, 0.3) is 0 Å². The highest BCUT2D eigenvalue weighted by molar-refractivity contribution is 7.13. The number of nitrogens with one attached hydrogen (secondary N) is 1. The van der Waals surface area contributed by atoms with E-state index in [9.17, 15) is 4.79 Å². The first kappa shape index (κ1) is 13.3. The van der Waals surface area contributed by atoms with Crippen molar-refractivity contribution >= 4 is 17.2 Å². The average molecular weight is 288 g/mol. The lowest BCUT2D eigenvalue weighted by molar-refractivity contribution is -0.125. The summed E-state index contributed by atoms with van der Waals surface area (Å²) in [5.74, 6) is 0.0698. The minimum absolute atomic E-state index is 0.00291. The van der Waals surface area contributed by atoms with Gasteiger partial charge >= 0.3 is 0 Å². The van der Waals surface area contributed by atoms with E-state index in [1.807, 2.05) is 29.6 Å². The second-order valence-electron chi connectivity index (χ2n) is 4.77. The minimum Gasteiger partial charge on any atom is -0.381 e. The summed E-state index contributed by atoms with van der Waals surface area (Å²) in [6.45, 7) is 1.73. The van der Waals surface area contributed by atoms with Crippen LogP contribution in [0.1, 0.15) is 12.0 Å².